The third-order valence-electron chi connectivity index (χ3n) is 3.30. The van der Waals surface area contributed by atoms with E-state index in [9.17, 15) is 9.59 Å². The molecule has 1 aliphatic rings. The van der Waals surface area contributed by atoms with Crippen LogP contribution in [0.2, 0.25) is 0 Å². The SMILES string of the molecule is O=C(O)C1(C(=O)Nc2ccc3sccc3c2)CC1. The van der Waals surface area contributed by atoms with E-state index in [1.807, 2.05) is 23.6 Å². The van der Waals surface area contributed by atoms with Crippen molar-refractivity contribution in [3.63, 3.8) is 0 Å². The average Bonchev–Trinajstić information content (AvgIpc) is 3.03. The highest BCUT2D eigenvalue weighted by Gasteiger charge is 2.57. The maximum absolute atomic E-state index is 11.9. The molecule has 0 aliphatic heterocycles. The van der Waals surface area contributed by atoms with Gasteiger partial charge in [0.15, 0.2) is 0 Å². The number of thiophene rings is 1. The molecule has 1 amide bonds. The van der Waals surface area contributed by atoms with Gasteiger partial charge in [-0.2, -0.15) is 0 Å². The van der Waals surface area contributed by atoms with E-state index in [1.54, 1.807) is 17.4 Å². The Morgan fingerprint density at radius 3 is 2.72 bits per heavy atom. The van der Waals surface area contributed by atoms with Gasteiger partial charge in [0.1, 0.15) is 5.41 Å². The first-order chi connectivity index (χ1) is 8.62. The summed E-state index contributed by atoms with van der Waals surface area (Å²) in [5.41, 5.74) is -0.540. The lowest BCUT2D eigenvalue weighted by molar-refractivity contribution is -0.147. The van der Waals surface area contributed by atoms with Crippen molar-refractivity contribution >= 4 is 39.0 Å². The van der Waals surface area contributed by atoms with E-state index >= 15 is 0 Å². The molecule has 0 bridgehead atoms. The summed E-state index contributed by atoms with van der Waals surface area (Å²) in [6, 6.07) is 7.56. The third kappa shape index (κ3) is 1.67. The van der Waals surface area contributed by atoms with Gasteiger partial charge in [-0.1, -0.05) is 0 Å². The highest BCUT2D eigenvalue weighted by atomic mass is 32.1. The molecule has 1 aromatic heterocycles. The molecule has 0 saturated heterocycles. The quantitative estimate of drug-likeness (QED) is 0.835. The normalized spacial score (nSPS) is 16.4. The summed E-state index contributed by atoms with van der Waals surface area (Å²) in [7, 11) is 0. The van der Waals surface area contributed by atoms with Gasteiger partial charge in [-0.05, 0) is 47.9 Å². The number of carbonyl (C=O) groups is 2. The number of carbonyl (C=O) groups excluding carboxylic acids is 1. The molecule has 5 heteroatoms. The monoisotopic (exact) mass is 261 g/mol. The first kappa shape index (κ1) is 11.2. The van der Waals surface area contributed by atoms with Gasteiger partial charge < -0.3 is 10.4 Å². The van der Waals surface area contributed by atoms with Crippen LogP contribution in [0.1, 0.15) is 12.8 Å². The number of hydrogen-bond acceptors (Lipinski definition) is 3. The second kappa shape index (κ2) is 3.81. The van der Waals surface area contributed by atoms with Gasteiger partial charge in [0, 0.05) is 10.4 Å². The number of amides is 1. The minimum atomic E-state index is -1.19. The Labute approximate surface area is 107 Å². The van der Waals surface area contributed by atoms with Crippen LogP contribution in [0.4, 0.5) is 5.69 Å². The lowest BCUT2D eigenvalue weighted by Crippen LogP contribution is -2.31. The van der Waals surface area contributed by atoms with Crippen LogP contribution in [-0.2, 0) is 9.59 Å². The van der Waals surface area contributed by atoms with Crippen molar-refractivity contribution in [3.05, 3.63) is 29.6 Å². The number of carboxylic acid groups (broad SMARTS) is 1. The summed E-state index contributed by atoms with van der Waals surface area (Å²) in [6.45, 7) is 0. The van der Waals surface area contributed by atoms with Crippen LogP contribution in [0.15, 0.2) is 29.6 Å². The number of anilines is 1. The lowest BCUT2D eigenvalue weighted by Gasteiger charge is -2.10. The molecule has 3 rings (SSSR count). The predicted molar refractivity (Wildman–Crippen MR) is 69.8 cm³/mol. The van der Waals surface area contributed by atoms with Crippen LogP contribution in [0.3, 0.4) is 0 Å². The number of fused-ring (bicyclic) bond motifs is 1. The molecule has 1 aromatic carbocycles. The van der Waals surface area contributed by atoms with Crippen LogP contribution in [0, 0.1) is 5.41 Å². The zero-order valence-corrected chi connectivity index (χ0v) is 10.3. The highest BCUT2D eigenvalue weighted by molar-refractivity contribution is 7.17. The second-order valence-corrected chi connectivity index (χ2v) is 5.46. The minimum absolute atomic E-state index is 0.412. The Hall–Kier alpha value is -1.88. The molecule has 1 aliphatic carbocycles. The van der Waals surface area contributed by atoms with E-state index in [2.05, 4.69) is 5.32 Å². The second-order valence-electron chi connectivity index (χ2n) is 4.51. The van der Waals surface area contributed by atoms with Crippen LogP contribution in [0.5, 0.6) is 0 Å². The zero-order chi connectivity index (χ0) is 12.8. The fourth-order valence-corrected chi connectivity index (χ4v) is 2.73. The molecule has 1 fully saturated rings. The Bertz CT molecular complexity index is 642. The smallest absolute Gasteiger partial charge is 0.319 e. The van der Waals surface area contributed by atoms with E-state index in [0.29, 0.717) is 18.5 Å². The van der Waals surface area contributed by atoms with E-state index in [0.717, 1.165) is 10.1 Å². The van der Waals surface area contributed by atoms with Gasteiger partial charge in [-0.15, -0.1) is 11.3 Å². The van der Waals surface area contributed by atoms with Gasteiger partial charge in [0.05, 0.1) is 0 Å². The summed E-state index contributed by atoms with van der Waals surface area (Å²) >= 11 is 1.63. The Kier molecular flexibility index (Phi) is 2.38. The molecule has 4 nitrogen and oxygen atoms in total. The zero-order valence-electron chi connectivity index (χ0n) is 9.47. The summed E-state index contributed by atoms with van der Waals surface area (Å²) in [5.74, 6) is -1.44. The maximum atomic E-state index is 11.9. The molecule has 0 unspecified atom stereocenters. The fraction of sp³-hybridized carbons (Fsp3) is 0.231. The molecular weight excluding hydrogens is 250 g/mol. The Morgan fingerprint density at radius 1 is 1.28 bits per heavy atom. The van der Waals surface area contributed by atoms with Crippen LogP contribution >= 0.6 is 11.3 Å². The van der Waals surface area contributed by atoms with E-state index in [-0.39, 0.29) is 0 Å². The van der Waals surface area contributed by atoms with Gasteiger partial charge in [0.25, 0.3) is 0 Å². The van der Waals surface area contributed by atoms with Crippen LogP contribution in [-0.4, -0.2) is 17.0 Å². The average molecular weight is 261 g/mol. The van der Waals surface area contributed by atoms with E-state index in [4.69, 9.17) is 5.11 Å². The molecule has 1 heterocycles. The molecule has 0 spiro atoms. The fourth-order valence-electron chi connectivity index (χ4n) is 1.96. The molecule has 2 N–H and O–H groups in total. The van der Waals surface area contributed by atoms with Gasteiger partial charge >= 0.3 is 5.97 Å². The number of hydrogen-bond donors (Lipinski definition) is 2. The number of benzene rings is 1. The van der Waals surface area contributed by atoms with Crippen LogP contribution < -0.4 is 5.32 Å². The Balaban J connectivity index is 1.84. The molecule has 0 radical (unpaired) electrons. The summed E-state index contributed by atoms with van der Waals surface area (Å²) in [6.07, 6.45) is 0.851. The van der Waals surface area contributed by atoms with E-state index in [1.165, 1.54) is 0 Å². The summed E-state index contributed by atoms with van der Waals surface area (Å²) in [5, 5.41) is 14.8. The van der Waals surface area contributed by atoms with Gasteiger partial charge in [-0.25, -0.2) is 0 Å². The minimum Gasteiger partial charge on any atom is -0.480 e. The highest BCUT2D eigenvalue weighted by Crippen LogP contribution is 2.46. The topological polar surface area (TPSA) is 66.4 Å². The molecule has 18 heavy (non-hydrogen) atoms. The van der Waals surface area contributed by atoms with Crippen LogP contribution in [0.25, 0.3) is 10.1 Å². The third-order valence-corrected chi connectivity index (χ3v) is 4.20. The van der Waals surface area contributed by atoms with Crippen molar-refractivity contribution in [2.24, 2.45) is 5.41 Å². The molecule has 0 atom stereocenters. The first-order valence-corrected chi connectivity index (χ1v) is 6.52. The standard InChI is InChI=1S/C13H11NO3S/c15-11(13(4-5-13)12(16)17)14-9-1-2-10-8(7-9)3-6-18-10/h1-3,6-7H,4-5H2,(H,14,15)(H,16,17). The van der Waals surface area contributed by atoms with E-state index < -0.39 is 17.3 Å². The van der Waals surface area contributed by atoms with Gasteiger partial charge in [0.2, 0.25) is 5.91 Å². The lowest BCUT2D eigenvalue weighted by atomic mass is 10.1. The Morgan fingerprint density at radius 2 is 2.06 bits per heavy atom. The van der Waals surface area contributed by atoms with Gasteiger partial charge in [-0.3, -0.25) is 9.59 Å². The van der Waals surface area contributed by atoms with Crippen molar-refractivity contribution in [2.75, 3.05) is 5.32 Å². The molecule has 2 aromatic rings. The number of nitrogens with one attached hydrogen (secondary N) is 1. The van der Waals surface area contributed by atoms with Crippen molar-refractivity contribution < 1.29 is 14.7 Å². The molecule has 92 valence electrons. The van der Waals surface area contributed by atoms with Crippen molar-refractivity contribution in [1.29, 1.82) is 0 Å². The summed E-state index contributed by atoms with van der Waals surface area (Å²) < 4.78 is 1.15. The molecule has 1 saturated carbocycles. The first-order valence-electron chi connectivity index (χ1n) is 5.64. The number of rotatable bonds is 3. The number of carboxylic acids is 1. The number of aliphatic carboxylic acids is 1. The predicted octanol–water partition coefficient (Wildman–Crippen LogP) is 2.70. The largest absolute Gasteiger partial charge is 0.480 e. The summed E-state index contributed by atoms with van der Waals surface area (Å²) in [4.78, 5) is 23.0. The molecular formula is C13H11NO3S. The van der Waals surface area contributed by atoms with Crippen molar-refractivity contribution in [1.82, 2.24) is 0 Å². The van der Waals surface area contributed by atoms with Crippen molar-refractivity contribution in [3.8, 4) is 0 Å². The van der Waals surface area contributed by atoms with Crippen molar-refractivity contribution in [2.45, 2.75) is 12.8 Å². The maximum Gasteiger partial charge on any atom is 0.319 e.